The maximum atomic E-state index is 5.35. The van der Waals surface area contributed by atoms with E-state index in [1.54, 1.807) is 6.20 Å². The number of nitrogens with two attached hydrogens (primary N) is 1. The lowest BCUT2D eigenvalue weighted by Gasteiger charge is -1.92. The number of pyridine rings is 1. The third-order valence-corrected chi connectivity index (χ3v) is 1.80. The van der Waals surface area contributed by atoms with Crippen LogP contribution in [0.2, 0.25) is 0 Å². The van der Waals surface area contributed by atoms with Crippen molar-refractivity contribution in [3.63, 3.8) is 0 Å². The van der Waals surface area contributed by atoms with Gasteiger partial charge in [0.25, 0.3) is 0 Å². The zero-order chi connectivity index (χ0) is 8.81. The molecule has 0 radical (unpaired) electrons. The van der Waals surface area contributed by atoms with Gasteiger partial charge in [0.1, 0.15) is 0 Å². The van der Waals surface area contributed by atoms with Crippen LogP contribution in [0.25, 0.3) is 6.08 Å². The summed E-state index contributed by atoms with van der Waals surface area (Å²) in [4.78, 5) is 4.03. The van der Waals surface area contributed by atoms with E-state index in [9.17, 15) is 0 Å². The second kappa shape index (κ2) is 5.06. The first kappa shape index (κ1) is 9.42. The fraction of sp³-hybridized carbons (Fsp3) is 0.222. The van der Waals surface area contributed by atoms with Gasteiger partial charge < -0.3 is 5.73 Å². The number of rotatable bonds is 3. The van der Waals surface area contributed by atoms with Gasteiger partial charge in [-0.05, 0) is 40.5 Å². The van der Waals surface area contributed by atoms with Gasteiger partial charge in [0.15, 0.2) is 0 Å². The summed E-state index contributed by atoms with van der Waals surface area (Å²) in [5.41, 5.74) is 6.44. The van der Waals surface area contributed by atoms with E-state index in [0.29, 0.717) is 6.54 Å². The number of hydrogen-bond acceptors (Lipinski definition) is 2. The van der Waals surface area contributed by atoms with Crippen LogP contribution in [0.1, 0.15) is 12.0 Å². The SMILES string of the molecule is NCCC=Cc1cncc(Br)c1. The maximum Gasteiger partial charge on any atom is 0.0410 e. The molecule has 2 nitrogen and oxygen atoms in total. The van der Waals surface area contributed by atoms with Crippen LogP contribution in [0.3, 0.4) is 0 Å². The summed E-state index contributed by atoms with van der Waals surface area (Å²) in [6.45, 7) is 0.692. The Kier molecular flexibility index (Phi) is 3.97. The second-order valence-corrected chi connectivity index (χ2v) is 3.33. The molecule has 0 spiro atoms. The van der Waals surface area contributed by atoms with Gasteiger partial charge in [-0.2, -0.15) is 0 Å². The molecule has 0 aliphatic carbocycles. The van der Waals surface area contributed by atoms with Gasteiger partial charge in [-0.15, -0.1) is 0 Å². The molecule has 1 heterocycles. The van der Waals surface area contributed by atoms with Crippen molar-refractivity contribution in [2.75, 3.05) is 6.54 Å². The molecule has 0 amide bonds. The molecule has 0 aromatic carbocycles. The minimum atomic E-state index is 0.692. The smallest absolute Gasteiger partial charge is 0.0410 e. The average Bonchev–Trinajstić information content (AvgIpc) is 2.05. The lowest BCUT2D eigenvalue weighted by Crippen LogP contribution is -1.94. The predicted molar refractivity (Wildman–Crippen MR) is 54.6 cm³/mol. The summed E-state index contributed by atoms with van der Waals surface area (Å²) in [6.07, 6.45) is 8.55. The molecule has 0 saturated carbocycles. The van der Waals surface area contributed by atoms with E-state index >= 15 is 0 Å². The van der Waals surface area contributed by atoms with Crippen LogP contribution in [-0.2, 0) is 0 Å². The fourth-order valence-corrected chi connectivity index (χ4v) is 1.22. The third kappa shape index (κ3) is 3.15. The third-order valence-electron chi connectivity index (χ3n) is 1.37. The highest BCUT2D eigenvalue weighted by molar-refractivity contribution is 9.10. The average molecular weight is 227 g/mol. The Morgan fingerprint density at radius 1 is 1.50 bits per heavy atom. The van der Waals surface area contributed by atoms with Crippen molar-refractivity contribution in [2.24, 2.45) is 5.73 Å². The van der Waals surface area contributed by atoms with Crippen LogP contribution in [-0.4, -0.2) is 11.5 Å². The number of aromatic nitrogens is 1. The number of nitrogens with zero attached hydrogens (tertiary/aromatic N) is 1. The maximum absolute atomic E-state index is 5.35. The Labute approximate surface area is 80.6 Å². The molecule has 0 aliphatic heterocycles. The molecular formula is C9H11BrN2. The Hall–Kier alpha value is -0.670. The van der Waals surface area contributed by atoms with Crippen LogP contribution in [0, 0.1) is 0 Å². The van der Waals surface area contributed by atoms with E-state index < -0.39 is 0 Å². The van der Waals surface area contributed by atoms with Crippen molar-refractivity contribution in [1.29, 1.82) is 0 Å². The van der Waals surface area contributed by atoms with Crippen LogP contribution in [0.4, 0.5) is 0 Å². The van der Waals surface area contributed by atoms with Gasteiger partial charge in [-0.25, -0.2) is 0 Å². The van der Waals surface area contributed by atoms with Crippen molar-refractivity contribution in [3.05, 3.63) is 34.6 Å². The van der Waals surface area contributed by atoms with Gasteiger partial charge in [0.05, 0.1) is 0 Å². The minimum absolute atomic E-state index is 0.692. The standard InChI is InChI=1S/C9H11BrN2/c10-9-5-8(6-12-7-9)3-1-2-4-11/h1,3,5-7H,2,4,11H2. The van der Waals surface area contributed by atoms with Crippen LogP contribution in [0.5, 0.6) is 0 Å². The van der Waals surface area contributed by atoms with Crippen molar-refractivity contribution in [2.45, 2.75) is 6.42 Å². The second-order valence-electron chi connectivity index (χ2n) is 2.42. The molecule has 1 rings (SSSR count). The summed E-state index contributed by atoms with van der Waals surface area (Å²) >= 11 is 3.35. The first-order valence-corrected chi connectivity index (χ1v) is 4.59. The van der Waals surface area contributed by atoms with E-state index in [2.05, 4.69) is 20.9 Å². The largest absolute Gasteiger partial charge is 0.330 e. The monoisotopic (exact) mass is 226 g/mol. The number of halogens is 1. The summed E-state index contributed by atoms with van der Waals surface area (Å²) in [5.74, 6) is 0. The van der Waals surface area contributed by atoms with E-state index in [4.69, 9.17) is 5.73 Å². The van der Waals surface area contributed by atoms with Crippen molar-refractivity contribution >= 4 is 22.0 Å². The molecule has 0 unspecified atom stereocenters. The van der Waals surface area contributed by atoms with Crippen LogP contribution in [0.15, 0.2) is 29.0 Å². The van der Waals surface area contributed by atoms with Gasteiger partial charge in [-0.3, -0.25) is 4.98 Å². The molecule has 12 heavy (non-hydrogen) atoms. The summed E-state index contributed by atoms with van der Waals surface area (Å²) in [5, 5.41) is 0. The molecule has 0 saturated heterocycles. The Balaban J connectivity index is 2.63. The fourth-order valence-electron chi connectivity index (χ4n) is 0.835. The van der Waals surface area contributed by atoms with E-state index in [1.807, 2.05) is 24.4 Å². The minimum Gasteiger partial charge on any atom is -0.330 e. The van der Waals surface area contributed by atoms with Gasteiger partial charge in [-0.1, -0.05) is 12.2 Å². The Morgan fingerprint density at radius 3 is 3.00 bits per heavy atom. The molecule has 0 bridgehead atoms. The molecule has 2 N–H and O–H groups in total. The van der Waals surface area contributed by atoms with Gasteiger partial charge >= 0.3 is 0 Å². The zero-order valence-electron chi connectivity index (χ0n) is 6.70. The van der Waals surface area contributed by atoms with Crippen molar-refractivity contribution in [3.8, 4) is 0 Å². The highest BCUT2D eigenvalue weighted by Gasteiger charge is 1.88. The van der Waals surface area contributed by atoms with E-state index in [0.717, 1.165) is 16.5 Å². The van der Waals surface area contributed by atoms with Crippen molar-refractivity contribution < 1.29 is 0 Å². The summed E-state index contributed by atoms with van der Waals surface area (Å²) in [6, 6.07) is 2.01. The number of hydrogen-bond donors (Lipinski definition) is 1. The molecular weight excluding hydrogens is 216 g/mol. The predicted octanol–water partition coefficient (Wildman–Crippen LogP) is 2.21. The summed E-state index contributed by atoms with van der Waals surface area (Å²) in [7, 11) is 0. The van der Waals surface area contributed by atoms with Crippen LogP contribution >= 0.6 is 15.9 Å². The Morgan fingerprint density at radius 2 is 2.33 bits per heavy atom. The van der Waals surface area contributed by atoms with Crippen LogP contribution < -0.4 is 5.73 Å². The van der Waals surface area contributed by atoms with E-state index in [1.165, 1.54) is 0 Å². The highest BCUT2D eigenvalue weighted by Crippen LogP contribution is 2.10. The summed E-state index contributed by atoms with van der Waals surface area (Å²) < 4.78 is 0.998. The molecule has 3 heteroatoms. The molecule has 0 fully saturated rings. The topological polar surface area (TPSA) is 38.9 Å². The zero-order valence-corrected chi connectivity index (χ0v) is 8.29. The van der Waals surface area contributed by atoms with Gasteiger partial charge in [0.2, 0.25) is 0 Å². The first-order chi connectivity index (χ1) is 5.83. The molecule has 1 aromatic rings. The Bertz CT molecular complexity index is 271. The lowest BCUT2D eigenvalue weighted by molar-refractivity contribution is 1.01. The first-order valence-electron chi connectivity index (χ1n) is 3.80. The molecule has 64 valence electrons. The van der Waals surface area contributed by atoms with Gasteiger partial charge in [0, 0.05) is 16.9 Å². The molecule has 0 aliphatic rings. The quantitative estimate of drug-likeness (QED) is 0.859. The lowest BCUT2D eigenvalue weighted by atomic mass is 10.2. The van der Waals surface area contributed by atoms with E-state index in [-0.39, 0.29) is 0 Å². The highest BCUT2D eigenvalue weighted by atomic mass is 79.9. The molecule has 1 aromatic heterocycles. The molecule has 0 atom stereocenters. The van der Waals surface area contributed by atoms with Crippen molar-refractivity contribution in [1.82, 2.24) is 4.98 Å². The normalized spacial score (nSPS) is 10.8.